The Hall–Kier alpha value is -0.710. The molecule has 2 atom stereocenters. The van der Waals surface area contributed by atoms with E-state index in [1.54, 1.807) is 6.92 Å². The fourth-order valence-corrected chi connectivity index (χ4v) is 1.56. The Labute approximate surface area is 85.0 Å². The van der Waals surface area contributed by atoms with Crippen molar-refractivity contribution in [3.8, 4) is 0 Å². The van der Waals surface area contributed by atoms with Crippen LogP contribution >= 0.6 is 11.6 Å². The average Bonchev–Trinajstić information content (AvgIpc) is 2.52. The molecule has 0 spiro atoms. The molecule has 0 aliphatic heterocycles. The van der Waals surface area contributed by atoms with Gasteiger partial charge in [-0.05, 0) is 6.92 Å². The molecule has 0 saturated heterocycles. The van der Waals surface area contributed by atoms with Crippen molar-refractivity contribution in [1.82, 2.24) is 15.0 Å². The Morgan fingerprint density at radius 1 is 1.79 bits per heavy atom. The van der Waals surface area contributed by atoms with Gasteiger partial charge in [-0.15, -0.1) is 16.7 Å². The summed E-state index contributed by atoms with van der Waals surface area (Å²) in [5.74, 6) is -3.11. The minimum atomic E-state index is -2.52. The highest BCUT2D eigenvalue weighted by Gasteiger charge is 2.57. The second kappa shape index (κ2) is 3.15. The lowest BCUT2D eigenvalue weighted by atomic mass is 10.3. The minimum absolute atomic E-state index is 0.0526. The summed E-state index contributed by atoms with van der Waals surface area (Å²) in [6.07, 6.45) is 1.46. The molecule has 78 valence electrons. The average molecular weight is 222 g/mol. The molecule has 2 rings (SSSR count). The van der Waals surface area contributed by atoms with Gasteiger partial charge in [0.2, 0.25) is 0 Å². The standard InChI is InChI=1S/C8H10ClF2N3/c1-5(9)7-3-12-13-14(7)4-6-2-8(6,10)11/h3,5-6H,2,4H2,1H3. The maximum atomic E-state index is 12.6. The fourth-order valence-electron chi connectivity index (χ4n) is 1.39. The second-order valence-electron chi connectivity index (χ2n) is 3.62. The van der Waals surface area contributed by atoms with Crippen molar-refractivity contribution in [1.29, 1.82) is 0 Å². The van der Waals surface area contributed by atoms with E-state index in [-0.39, 0.29) is 18.3 Å². The zero-order chi connectivity index (χ0) is 10.3. The van der Waals surface area contributed by atoms with E-state index in [1.807, 2.05) is 0 Å². The number of halogens is 3. The van der Waals surface area contributed by atoms with Crippen molar-refractivity contribution in [2.75, 3.05) is 0 Å². The SMILES string of the molecule is CC(Cl)c1cnnn1CC1CC1(F)F. The lowest BCUT2D eigenvalue weighted by Crippen LogP contribution is -2.10. The number of alkyl halides is 3. The predicted octanol–water partition coefficient (Wildman–Crippen LogP) is 2.23. The van der Waals surface area contributed by atoms with Gasteiger partial charge in [0.15, 0.2) is 0 Å². The highest BCUT2D eigenvalue weighted by molar-refractivity contribution is 6.20. The molecule has 1 aromatic heterocycles. The van der Waals surface area contributed by atoms with Crippen molar-refractivity contribution in [2.24, 2.45) is 5.92 Å². The molecule has 0 radical (unpaired) electrons. The van der Waals surface area contributed by atoms with Gasteiger partial charge >= 0.3 is 0 Å². The number of aromatic nitrogens is 3. The molecule has 1 heterocycles. The topological polar surface area (TPSA) is 30.7 Å². The van der Waals surface area contributed by atoms with Gasteiger partial charge < -0.3 is 0 Å². The zero-order valence-corrected chi connectivity index (χ0v) is 8.38. The van der Waals surface area contributed by atoms with Crippen LogP contribution in [0.25, 0.3) is 0 Å². The first-order valence-electron chi connectivity index (χ1n) is 4.41. The molecule has 1 aliphatic rings. The van der Waals surface area contributed by atoms with Crippen LogP contribution in [0.2, 0.25) is 0 Å². The molecule has 1 fully saturated rings. The molecule has 2 unspecified atom stereocenters. The third-order valence-corrected chi connectivity index (χ3v) is 2.63. The Balaban J connectivity index is 2.07. The first kappa shape index (κ1) is 9.83. The first-order chi connectivity index (χ1) is 6.50. The third-order valence-electron chi connectivity index (χ3n) is 2.40. The van der Waals surface area contributed by atoms with Crippen molar-refractivity contribution in [3.63, 3.8) is 0 Å². The van der Waals surface area contributed by atoms with Crippen LogP contribution in [0.5, 0.6) is 0 Å². The molecule has 6 heteroatoms. The van der Waals surface area contributed by atoms with E-state index in [4.69, 9.17) is 11.6 Å². The molecule has 3 nitrogen and oxygen atoms in total. The smallest absolute Gasteiger partial charge is 0.247 e. The molecule has 0 bridgehead atoms. The molecular weight excluding hydrogens is 212 g/mol. The Morgan fingerprint density at radius 3 is 2.93 bits per heavy atom. The van der Waals surface area contributed by atoms with Gasteiger partial charge in [-0.2, -0.15) is 0 Å². The number of hydrogen-bond donors (Lipinski definition) is 0. The fraction of sp³-hybridized carbons (Fsp3) is 0.750. The van der Waals surface area contributed by atoms with Crippen molar-refractivity contribution in [3.05, 3.63) is 11.9 Å². The number of nitrogens with zero attached hydrogens (tertiary/aromatic N) is 3. The van der Waals surface area contributed by atoms with Gasteiger partial charge in [0.25, 0.3) is 5.92 Å². The summed E-state index contributed by atoms with van der Waals surface area (Å²) in [5, 5.41) is 7.14. The van der Waals surface area contributed by atoms with Crippen molar-refractivity contribution in [2.45, 2.75) is 31.2 Å². The van der Waals surface area contributed by atoms with Crippen LogP contribution in [-0.2, 0) is 6.54 Å². The first-order valence-corrected chi connectivity index (χ1v) is 4.84. The summed E-state index contributed by atoms with van der Waals surface area (Å²) in [6, 6.07) is 0. The maximum Gasteiger partial charge on any atom is 0.253 e. The third kappa shape index (κ3) is 1.73. The van der Waals surface area contributed by atoms with E-state index in [9.17, 15) is 8.78 Å². The van der Waals surface area contributed by atoms with Gasteiger partial charge in [0.1, 0.15) is 0 Å². The van der Waals surface area contributed by atoms with Gasteiger partial charge in [0, 0.05) is 12.3 Å². The van der Waals surface area contributed by atoms with Gasteiger partial charge in [-0.3, -0.25) is 0 Å². The van der Waals surface area contributed by atoms with E-state index < -0.39 is 11.8 Å². The predicted molar refractivity (Wildman–Crippen MR) is 47.3 cm³/mol. The van der Waals surface area contributed by atoms with Crippen LogP contribution in [0.3, 0.4) is 0 Å². The number of rotatable bonds is 3. The Kier molecular flexibility index (Phi) is 2.21. The van der Waals surface area contributed by atoms with Gasteiger partial charge in [-0.25, -0.2) is 13.5 Å². The maximum absolute atomic E-state index is 12.6. The van der Waals surface area contributed by atoms with E-state index in [0.29, 0.717) is 5.69 Å². The van der Waals surface area contributed by atoms with E-state index in [1.165, 1.54) is 10.9 Å². The normalized spacial score (nSPS) is 26.1. The molecule has 0 amide bonds. The summed E-state index contributed by atoms with van der Waals surface area (Å²) < 4.78 is 26.7. The molecule has 1 aliphatic carbocycles. The number of hydrogen-bond acceptors (Lipinski definition) is 2. The monoisotopic (exact) mass is 221 g/mol. The van der Waals surface area contributed by atoms with Crippen LogP contribution in [0.15, 0.2) is 6.20 Å². The molecule has 14 heavy (non-hydrogen) atoms. The van der Waals surface area contributed by atoms with Crippen LogP contribution in [0.4, 0.5) is 8.78 Å². The summed E-state index contributed by atoms with van der Waals surface area (Å²) in [6.45, 7) is 1.97. The van der Waals surface area contributed by atoms with Crippen LogP contribution in [-0.4, -0.2) is 20.9 Å². The highest BCUT2D eigenvalue weighted by Crippen LogP contribution is 2.49. The van der Waals surface area contributed by atoms with Crippen LogP contribution < -0.4 is 0 Å². The minimum Gasteiger partial charge on any atom is -0.247 e. The van der Waals surface area contributed by atoms with E-state index in [0.717, 1.165) is 0 Å². The van der Waals surface area contributed by atoms with Crippen LogP contribution in [0, 0.1) is 5.92 Å². The molecule has 1 saturated carbocycles. The lowest BCUT2D eigenvalue weighted by molar-refractivity contribution is 0.0939. The lowest BCUT2D eigenvalue weighted by Gasteiger charge is -2.06. The summed E-state index contributed by atoms with van der Waals surface area (Å²) in [5.41, 5.74) is 0.689. The second-order valence-corrected chi connectivity index (χ2v) is 4.27. The van der Waals surface area contributed by atoms with E-state index >= 15 is 0 Å². The largest absolute Gasteiger partial charge is 0.253 e. The zero-order valence-electron chi connectivity index (χ0n) is 7.62. The summed E-state index contributed by atoms with van der Waals surface area (Å²) >= 11 is 5.84. The molecule has 0 aromatic carbocycles. The van der Waals surface area contributed by atoms with Crippen molar-refractivity contribution < 1.29 is 8.78 Å². The quantitative estimate of drug-likeness (QED) is 0.733. The van der Waals surface area contributed by atoms with Crippen molar-refractivity contribution >= 4 is 11.6 Å². The molecule has 0 N–H and O–H groups in total. The summed E-state index contributed by atoms with van der Waals surface area (Å²) in [4.78, 5) is 0. The van der Waals surface area contributed by atoms with Gasteiger partial charge in [-0.1, -0.05) is 5.21 Å². The Morgan fingerprint density at radius 2 is 2.43 bits per heavy atom. The molecular formula is C8H10ClF2N3. The Bertz CT molecular complexity index is 337. The van der Waals surface area contributed by atoms with E-state index in [2.05, 4.69) is 10.3 Å². The molecule has 1 aromatic rings. The highest BCUT2D eigenvalue weighted by atomic mass is 35.5. The van der Waals surface area contributed by atoms with Crippen LogP contribution in [0.1, 0.15) is 24.4 Å². The summed E-state index contributed by atoms with van der Waals surface area (Å²) in [7, 11) is 0. The van der Waals surface area contributed by atoms with Gasteiger partial charge in [0.05, 0.1) is 23.8 Å².